The smallest absolute Gasteiger partial charge is 0.171 e. The fraction of sp³-hybridized carbons (Fsp3) is 0.308. The van der Waals surface area contributed by atoms with E-state index in [0.717, 1.165) is 18.5 Å². The summed E-state index contributed by atoms with van der Waals surface area (Å²) < 4.78 is 0. The van der Waals surface area contributed by atoms with E-state index in [1.165, 1.54) is 0 Å². The number of allylic oxidation sites excluding steroid dienone is 1. The summed E-state index contributed by atoms with van der Waals surface area (Å²) in [5, 5.41) is 0.548. The van der Waals surface area contributed by atoms with Crippen LogP contribution in [-0.2, 0) is 4.79 Å². The SMILES string of the molecule is O=C=C1CC(=O)c2cc(Cl)ccc2N1C1CC1. The van der Waals surface area contributed by atoms with E-state index in [-0.39, 0.29) is 12.2 Å². The maximum atomic E-state index is 11.9. The maximum Gasteiger partial charge on any atom is 0.171 e. The lowest BCUT2D eigenvalue weighted by atomic mass is 9.98. The second-order valence-corrected chi connectivity index (χ2v) is 4.85. The van der Waals surface area contributed by atoms with Crippen LogP contribution in [0, 0.1) is 0 Å². The summed E-state index contributed by atoms with van der Waals surface area (Å²) in [5.41, 5.74) is 1.86. The molecule has 3 rings (SSSR count). The molecule has 1 saturated carbocycles. The summed E-state index contributed by atoms with van der Waals surface area (Å²) in [7, 11) is 0. The van der Waals surface area contributed by atoms with E-state index in [0.29, 0.717) is 22.3 Å². The lowest BCUT2D eigenvalue weighted by Crippen LogP contribution is -2.32. The fourth-order valence-corrected chi connectivity index (χ4v) is 2.43. The number of nitrogens with zero attached hydrogens (tertiary/aromatic N) is 1. The fourth-order valence-electron chi connectivity index (χ4n) is 2.25. The van der Waals surface area contributed by atoms with Gasteiger partial charge in [-0.3, -0.25) is 4.79 Å². The summed E-state index contributed by atoms with van der Waals surface area (Å²) in [5.74, 6) is 1.84. The summed E-state index contributed by atoms with van der Waals surface area (Å²) in [4.78, 5) is 24.8. The van der Waals surface area contributed by atoms with Crippen molar-refractivity contribution >= 4 is 29.0 Å². The molecule has 17 heavy (non-hydrogen) atoms. The molecule has 0 amide bonds. The van der Waals surface area contributed by atoms with Gasteiger partial charge in [-0.1, -0.05) is 11.6 Å². The first-order valence-corrected chi connectivity index (χ1v) is 5.94. The third kappa shape index (κ3) is 1.68. The molecule has 4 heteroatoms. The van der Waals surface area contributed by atoms with Crippen LogP contribution in [0.4, 0.5) is 5.69 Å². The number of anilines is 1. The summed E-state index contributed by atoms with van der Waals surface area (Å²) >= 11 is 5.90. The van der Waals surface area contributed by atoms with Crippen molar-refractivity contribution < 1.29 is 9.59 Å². The molecule has 0 saturated heterocycles. The molecule has 3 nitrogen and oxygen atoms in total. The highest BCUT2D eigenvalue weighted by molar-refractivity contribution is 6.31. The van der Waals surface area contributed by atoms with E-state index in [4.69, 9.17) is 11.6 Å². The molecule has 1 aliphatic heterocycles. The van der Waals surface area contributed by atoms with Gasteiger partial charge < -0.3 is 4.90 Å². The molecule has 0 atom stereocenters. The molecule has 1 aromatic carbocycles. The van der Waals surface area contributed by atoms with E-state index in [1.54, 1.807) is 12.1 Å². The zero-order valence-electron chi connectivity index (χ0n) is 9.07. The normalized spacial score (nSPS) is 19.0. The van der Waals surface area contributed by atoms with Crippen molar-refractivity contribution in [3.05, 3.63) is 34.5 Å². The van der Waals surface area contributed by atoms with Crippen LogP contribution in [0.25, 0.3) is 0 Å². The van der Waals surface area contributed by atoms with Gasteiger partial charge >= 0.3 is 0 Å². The summed E-state index contributed by atoms with van der Waals surface area (Å²) in [6, 6.07) is 5.58. The number of carbonyl (C=O) groups is 1. The highest BCUT2D eigenvalue weighted by Crippen LogP contribution is 2.41. The van der Waals surface area contributed by atoms with E-state index >= 15 is 0 Å². The van der Waals surface area contributed by atoms with Crippen LogP contribution in [0.2, 0.25) is 5.02 Å². The van der Waals surface area contributed by atoms with Crippen molar-refractivity contribution in [2.75, 3.05) is 4.90 Å². The Labute approximate surface area is 104 Å². The number of benzene rings is 1. The van der Waals surface area contributed by atoms with Gasteiger partial charge in [-0.25, -0.2) is 4.79 Å². The molecule has 0 radical (unpaired) electrons. The minimum absolute atomic E-state index is 0.0576. The molecule has 1 heterocycles. The number of ketones is 1. The van der Waals surface area contributed by atoms with Gasteiger partial charge in [0, 0.05) is 16.6 Å². The molecule has 86 valence electrons. The van der Waals surface area contributed by atoms with E-state index in [1.807, 2.05) is 16.9 Å². The third-order valence-corrected chi connectivity index (χ3v) is 3.40. The predicted octanol–water partition coefficient (Wildman–Crippen LogP) is 2.61. The van der Waals surface area contributed by atoms with Crippen molar-refractivity contribution in [3.63, 3.8) is 0 Å². The van der Waals surface area contributed by atoms with Crippen LogP contribution in [0.3, 0.4) is 0 Å². The molecule has 0 spiro atoms. The van der Waals surface area contributed by atoms with Crippen LogP contribution >= 0.6 is 11.6 Å². The molecule has 0 unspecified atom stereocenters. The zero-order chi connectivity index (χ0) is 12.0. The Morgan fingerprint density at radius 3 is 2.76 bits per heavy atom. The highest BCUT2D eigenvalue weighted by Gasteiger charge is 2.37. The first-order chi connectivity index (χ1) is 8.20. The number of hydrogen-bond donors (Lipinski definition) is 0. The number of Topliss-reactive ketones (excluding diaryl/α,β-unsaturated/α-hetero) is 1. The number of fused-ring (bicyclic) bond motifs is 1. The van der Waals surface area contributed by atoms with Gasteiger partial charge in [-0.2, -0.15) is 0 Å². The van der Waals surface area contributed by atoms with Crippen molar-refractivity contribution in [2.24, 2.45) is 0 Å². The van der Waals surface area contributed by atoms with Crippen LogP contribution in [0.15, 0.2) is 23.9 Å². The second-order valence-electron chi connectivity index (χ2n) is 4.41. The van der Waals surface area contributed by atoms with Crippen LogP contribution in [-0.4, -0.2) is 17.8 Å². The number of rotatable bonds is 1. The predicted molar refractivity (Wildman–Crippen MR) is 65.1 cm³/mol. The lowest BCUT2D eigenvalue weighted by molar-refractivity contribution is 0.0989. The quantitative estimate of drug-likeness (QED) is 0.716. The van der Waals surface area contributed by atoms with Gasteiger partial charge in [0.1, 0.15) is 11.6 Å². The average molecular weight is 248 g/mol. The van der Waals surface area contributed by atoms with Gasteiger partial charge in [0.15, 0.2) is 5.78 Å². The average Bonchev–Trinajstić information content (AvgIpc) is 3.13. The molecule has 0 N–H and O–H groups in total. The van der Waals surface area contributed by atoms with E-state index in [2.05, 4.69) is 0 Å². The minimum atomic E-state index is -0.0576. The van der Waals surface area contributed by atoms with E-state index < -0.39 is 0 Å². The van der Waals surface area contributed by atoms with Gasteiger partial charge in [0.25, 0.3) is 0 Å². The molecule has 1 aliphatic carbocycles. The zero-order valence-corrected chi connectivity index (χ0v) is 9.83. The standard InChI is InChI=1S/C13H10ClNO2/c14-8-1-4-12-11(5-8)13(17)6-10(7-16)15(12)9-2-3-9/h1,4-5,9H,2-3,6H2. The number of carbonyl (C=O) groups excluding carboxylic acids is 2. The Hall–Kier alpha value is -1.57. The number of halogens is 1. The Morgan fingerprint density at radius 2 is 2.12 bits per heavy atom. The molecule has 1 fully saturated rings. The monoisotopic (exact) mass is 247 g/mol. The van der Waals surface area contributed by atoms with Gasteiger partial charge in [-0.15, -0.1) is 0 Å². The Kier molecular flexibility index (Phi) is 2.32. The topological polar surface area (TPSA) is 37.4 Å². The number of hydrogen-bond acceptors (Lipinski definition) is 3. The third-order valence-electron chi connectivity index (χ3n) is 3.17. The van der Waals surface area contributed by atoms with E-state index in [9.17, 15) is 9.59 Å². The largest absolute Gasteiger partial charge is 0.332 e. The Bertz CT molecular complexity index is 557. The summed E-state index contributed by atoms with van der Waals surface area (Å²) in [6.45, 7) is 0. The Balaban J connectivity index is 2.18. The van der Waals surface area contributed by atoms with Crippen molar-refractivity contribution in [1.29, 1.82) is 0 Å². The van der Waals surface area contributed by atoms with Crippen molar-refractivity contribution in [2.45, 2.75) is 25.3 Å². The first-order valence-electron chi connectivity index (χ1n) is 5.56. The Morgan fingerprint density at radius 1 is 1.35 bits per heavy atom. The van der Waals surface area contributed by atoms with Gasteiger partial charge in [-0.05, 0) is 31.0 Å². The summed E-state index contributed by atoms with van der Waals surface area (Å²) in [6.07, 6.45) is 2.25. The van der Waals surface area contributed by atoms with Crippen LogP contribution < -0.4 is 4.90 Å². The molecule has 1 aromatic rings. The van der Waals surface area contributed by atoms with Gasteiger partial charge in [0.2, 0.25) is 0 Å². The van der Waals surface area contributed by atoms with Gasteiger partial charge in [0.05, 0.1) is 12.1 Å². The molecular formula is C13H10ClNO2. The van der Waals surface area contributed by atoms with Crippen molar-refractivity contribution in [3.8, 4) is 0 Å². The maximum absolute atomic E-state index is 11.9. The molecule has 0 bridgehead atoms. The van der Waals surface area contributed by atoms with Crippen molar-refractivity contribution in [1.82, 2.24) is 0 Å². The second kappa shape index (κ2) is 3.73. The lowest BCUT2D eigenvalue weighted by Gasteiger charge is -2.30. The molecule has 0 aromatic heterocycles. The molecule has 2 aliphatic rings. The van der Waals surface area contributed by atoms with Crippen LogP contribution in [0.1, 0.15) is 29.6 Å². The highest BCUT2D eigenvalue weighted by atomic mass is 35.5. The first kappa shape index (κ1) is 10.6. The van der Waals surface area contributed by atoms with Crippen LogP contribution in [0.5, 0.6) is 0 Å². The molecular weight excluding hydrogens is 238 g/mol. The minimum Gasteiger partial charge on any atom is -0.332 e.